The summed E-state index contributed by atoms with van der Waals surface area (Å²) < 4.78 is 5.59. The molecule has 1 aliphatic rings. The molecule has 2 aromatic rings. The van der Waals surface area contributed by atoms with Gasteiger partial charge >= 0.3 is 5.69 Å². The van der Waals surface area contributed by atoms with E-state index >= 15 is 0 Å². The minimum Gasteiger partial charge on any atom is -0.449 e. The Morgan fingerprint density at radius 2 is 2.19 bits per heavy atom. The van der Waals surface area contributed by atoms with E-state index in [2.05, 4.69) is 15.3 Å². The van der Waals surface area contributed by atoms with Crippen LogP contribution in [0.4, 0.5) is 5.69 Å². The highest BCUT2D eigenvalue weighted by molar-refractivity contribution is 5.83. The summed E-state index contributed by atoms with van der Waals surface area (Å²) in [4.78, 5) is 46.9. The molecule has 0 saturated heterocycles. The lowest BCUT2D eigenvalue weighted by atomic mass is 10.1. The van der Waals surface area contributed by atoms with E-state index in [4.69, 9.17) is 4.74 Å². The number of aromatic amines is 2. The number of nitrogens with zero attached hydrogens (tertiary/aromatic N) is 4. The summed E-state index contributed by atoms with van der Waals surface area (Å²) in [6, 6.07) is 5.59. The number of amides is 1. The minimum absolute atomic E-state index is 0.00163. The van der Waals surface area contributed by atoms with Crippen molar-refractivity contribution in [2.45, 2.75) is 19.6 Å². The average molecular weight is 360 g/mol. The van der Waals surface area contributed by atoms with Crippen LogP contribution in [0.25, 0.3) is 0 Å². The summed E-state index contributed by atoms with van der Waals surface area (Å²) in [6.07, 6.45) is -1.19. The zero-order valence-electron chi connectivity index (χ0n) is 13.3. The van der Waals surface area contributed by atoms with Crippen LogP contribution in [0.3, 0.4) is 0 Å². The van der Waals surface area contributed by atoms with Gasteiger partial charge in [0, 0.05) is 24.6 Å². The Morgan fingerprint density at radius 1 is 1.42 bits per heavy atom. The van der Waals surface area contributed by atoms with Gasteiger partial charge < -0.3 is 4.74 Å². The van der Waals surface area contributed by atoms with Crippen molar-refractivity contribution in [1.82, 2.24) is 20.2 Å². The molecule has 3 rings (SSSR count). The third-order valence-corrected chi connectivity index (χ3v) is 3.48. The van der Waals surface area contributed by atoms with Gasteiger partial charge in [0.05, 0.1) is 11.3 Å². The molecular formula is C14H12N6O6. The highest BCUT2D eigenvalue weighted by atomic mass is 16.6. The number of carbonyl (C=O) groups excluding carboxylic acids is 1. The van der Waals surface area contributed by atoms with Gasteiger partial charge in [-0.3, -0.25) is 24.7 Å². The van der Waals surface area contributed by atoms with Crippen LogP contribution in [0.1, 0.15) is 24.4 Å². The SMILES string of the molecule is CC(=O)N1N=C(Cc2n[nH]c(=O)[nH]c2=O)OC1c1cccc([N+](=O)[O-])c1. The fourth-order valence-electron chi connectivity index (χ4n) is 2.32. The topological polar surface area (TPSA) is 164 Å². The third kappa shape index (κ3) is 3.33. The lowest BCUT2D eigenvalue weighted by molar-refractivity contribution is -0.385. The molecule has 12 heteroatoms. The van der Waals surface area contributed by atoms with E-state index in [1.807, 2.05) is 4.98 Å². The molecule has 2 heterocycles. The van der Waals surface area contributed by atoms with Gasteiger partial charge in [-0.25, -0.2) is 9.89 Å². The van der Waals surface area contributed by atoms with Gasteiger partial charge in [-0.15, -0.1) is 5.10 Å². The van der Waals surface area contributed by atoms with Crippen molar-refractivity contribution in [3.05, 3.63) is 66.5 Å². The Balaban J connectivity index is 1.89. The molecule has 0 aliphatic carbocycles. The highest BCUT2D eigenvalue weighted by Gasteiger charge is 2.33. The molecule has 0 fully saturated rings. The molecule has 1 aliphatic heterocycles. The first-order valence-corrected chi connectivity index (χ1v) is 7.31. The molecule has 1 aromatic carbocycles. The van der Waals surface area contributed by atoms with Crippen LogP contribution < -0.4 is 11.2 Å². The van der Waals surface area contributed by atoms with Crippen molar-refractivity contribution in [2.75, 3.05) is 0 Å². The summed E-state index contributed by atoms with van der Waals surface area (Å²) in [5.41, 5.74) is -1.36. The van der Waals surface area contributed by atoms with E-state index in [9.17, 15) is 24.5 Å². The van der Waals surface area contributed by atoms with Crippen molar-refractivity contribution in [3.63, 3.8) is 0 Å². The summed E-state index contributed by atoms with van der Waals surface area (Å²) in [5, 5.41) is 21.6. The molecule has 1 aromatic heterocycles. The van der Waals surface area contributed by atoms with Gasteiger partial charge in [-0.1, -0.05) is 12.1 Å². The quantitative estimate of drug-likeness (QED) is 0.563. The molecule has 26 heavy (non-hydrogen) atoms. The number of nitrogens with one attached hydrogen (secondary N) is 2. The second-order valence-electron chi connectivity index (χ2n) is 5.31. The summed E-state index contributed by atoms with van der Waals surface area (Å²) >= 11 is 0. The smallest absolute Gasteiger partial charge is 0.342 e. The Hall–Kier alpha value is -3.83. The van der Waals surface area contributed by atoms with E-state index in [1.54, 1.807) is 6.07 Å². The highest BCUT2D eigenvalue weighted by Crippen LogP contribution is 2.30. The molecule has 134 valence electrons. The van der Waals surface area contributed by atoms with Crippen LogP contribution in [0.2, 0.25) is 0 Å². The molecule has 1 amide bonds. The van der Waals surface area contributed by atoms with Crippen LogP contribution in [0, 0.1) is 10.1 Å². The van der Waals surface area contributed by atoms with Crippen molar-refractivity contribution in [1.29, 1.82) is 0 Å². The van der Waals surface area contributed by atoms with Gasteiger partial charge in [0.15, 0.2) is 0 Å². The van der Waals surface area contributed by atoms with Gasteiger partial charge in [-0.05, 0) is 0 Å². The summed E-state index contributed by atoms with van der Waals surface area (Å²) in [5.74, 6) is -0.457. The summed E-state index contributed by atoms with van der Waals surface area (Å²) in [6.45, 7) is 1.26. The lowest BCUT2D eigenvalue weighted by Gasteiger charge is -2.19. The maximum Gasteiger partial charge on any atom is 0.342 e. The third-order valence-electron chi connectivity index (χ3n) is 3.48. The molecule has 0 radical (unpaired) electrons. The number of carbonyl (C=O) groups is 1. The molecule has 2 N–H and O–H groups in total. The standard InChI is InChI=1S/C14H12N6O6/c1-7(21)19-13(8-3-2-4-9(5-8)20(24)25)26-11(18-19)6-10-12(22)15-14(23)17-16-10/h2-5,13H,6H2,1H3,(H2,15,17,22,23). The first kappa shape index (κ1) is 17.0. The number of aromatic nitrogens is 3. The molecule has 0 spiro atoms. The zero-order valence-corrected chi connectivity index (χ0v) is 13.3. The van der Waals surface area contributed by atoms with E-state index in [0.717, 1.165) is 5.01 Å². The number of non-ortho nitro benzene ring substituents is 1. The molecule has 0 bridgehead atoms. The number of nitro benzene ring substituents is 1. The predicted molar refractivity (Wildman–Crippen MR) is 86.1 cm³/mol. The van der Waals surface area contributed by atoms with E-state index in [-0.39, 0.29) is 23.7 Å². The van der Waals surface area contributed by atoms with Crippen LogP contribution in [-0.4, -0.2) is 36.9 Å². The Bertz CT molecular complexity index is 1020. The number of ether oxygens (including phenoxy) is 1. The molecule has 1 unspecified atom stereocenters. The Labute approximate surface area is 144 Å². The van der Waals surface area contributed by atoms with Crippen LogP contribution in [0.5, 0.6) is 0 Å². The normalized spacial score (nSPS) is 16.1. The van der Waals surface area contributed by atoms with Crippen molar-refractivity contribution in [2.24, 2.45) is 5.10 Å². The van der Waals surface area contributed by atoms with Gasteiger partial charge in [-0.2, -0.15) is 10.1 Å². The van der Waals surface area contributed by atoms with Crippen LogP contribution in [-0.2, 0) is 16.0 Å². The largest absolute Gasteiger partial charge is 0.449 e. The number of H-pyrrole nitrogens is 2. The fraction of sp³-hybridized carbons (Fsp3) is 0.214. The van der Waals surface area contributed by atoms with E-state index in [1.165, 1.54) is 25.1 Å². The summed E-state index contributed by atoms with van der Waals surface area (Å²) in [7, 11) is 0. The lowest BCUT2D eigenvalue weighted by Crippen LogP contribution is -2.28. The molecule has 1 atom stereocenters. The molecule has 0 saturated carbocycles. The van der Waals surface area contributed by atoms with E-state index < -0.39 is 28.3 Å². The first-order chi connectivity index (χ1) is 12.3. The second kappa shape index (κ2) is 6.58. The number of rotatable bonds is 4. The average Bonchev–Trinajstić information content (AvgIpc) is 3.02. The van der Waals surface area contributed by atoms with Crippen molar-refractivity contribution in [3.8, 4) is 0 Å². The Kier molecular flexibility index (Phi) is 4.31. The van der Waals surface area contributed by atoms with Crippen molar-refractivity contribution >= 4 is 17.5 Å². The number of hydrogen-bond acceptors (Lipinski definition) is 8. The Morgan fingerprint density at radius 3 is 2.85 bits per heavy atom. The van der Waals surface area contributed by atoms with Crippen molar-refractivity contribution < 1.29 is 14.5 Å². The number of hydrazone groups is 1. The van der Waals surface area contributed by atoms with Gasteiger partial charge in [0.25, 0.3) is 11.2 Å². The number of nitro groups is 1. The zero-order chi connectivity index (χ0) is 18.8. The first-order valence-electron chi connectivity index (χ1n) is 7.31. The number of hydrogen-bond donors (Lipinski definition) is 2. The molecular weight excluding hydrogens is 348 g/mol. The maximum absolute atomic E-state index is 11.8. The monoisotopic (exact) mass is 360 g/mol. The number of benzene rings is 1. The second-order valence-corrected chi connectivity index (χ2v) is 5.31. The predicted octanol–water partition coefficient (Wildman–Crippen LogP) is -0.200. The fourth-order valence-corrected chi connectivity index (χ4v) is 2.32. The van der Waals surface area contributed by atoms with Crippen LogP contribution >= 0.6 is 0 Å². The van der Waals surface area contributed by atoms with Gasteiger partial charge in [0.2, 0.25) is 18.0 Å². The maximum atomic E-state index is 11.8. The van der Waals surface area contributed by atoms with Crippen LogP contribution in [0.15, 0.2) is 39.0 Å². The minimum atomic E-state index is -1.01. The van der Waals surface area contributed by atoms with E-state index in [0.29, 0.717) is 5.56 Å². The molecule has 12 nitrogen and oxygen atoms in total. The van der Waals surface area contributed by atoms with Gasteiger partial charge in [0.1, 0.15) is 5.69 Å².